The number of aromatic nitrogens is 2. The Morgan fingerprint density at radius 1 is 0.974 bits per heavy atom. The summed E-state index contributed by atoms with van der Waals surface area (Å²) in [5.41, 5.74) is 3.52. The predicted molar refractivity (Wildman–Crippen MR) is 146 cm³/mol. The summed E-state index contributed by atoms with van der Waals surface area (Å²) in [7, 11) is 3.20. The lowest BCUT2D eigenvalue weighted by atomic mass is 9.92. The minimum atomic E-state index is -0.965. The molecule has 38 heavy (non-hydrogen) atoms. The molecule has 1 fully saturated rings. The number of aromatic carboxylic acids is 1. The number of nitrogens with zero attached hydrogens (tertiary/aromatic N) is 4. The van der Waals surface area contributed by atoms with Crippen molar-refractivity contribution in [3.8, 4) is 5.75 Å². The number of fused-ring (bicyclic) bond motifs is 2. The highest BCUT2D eigenvalue weighted by molar-refractivity contribution is 5.92. The third-order valence-corrected chi connectivity index (χ3v) is 7.41. The van der Waals surface area contributed by atoms with Gasteiger partial charge in [-0.15, -0.1) is 0 Å². The first-order valence-electron chi connectivity index (χ1n) is 12.9. The van der Waals surface area contributed by atoms with Gasteiger partial charge in [-0.05, 0) is 54.3 Å². The highest BCUT2D eigenvalue weighted by atomic mass is 16.5. The van der Waals surface area contributed by atoms with Crippen molar-refractivity contribution in [2.45, 2.75) is 19.4 Å². The molecule has 0 atom stereocenters. The summed E-state index contributed by atoms with van der Waals surface area (Å²) in [4.78, 5) is 40.8. The number of carboxylic acids is 1. The standard InChI is InChI=1S/C29H32N4O5/c1-30-26(18-27(34)31(2)29(30)37)33-14-6-13-32(15-16-33)12-5-9-23-22-8-4-3-7-21(22)19-38-25-11-10-20(28(35)36)17-24(23)25/h3-4,7-11,17-18H,5-6,12-16,19H2,1-2H3,(H,35,36)/b23-9+. The van der Waals surface area contributed by atoms with E-state index in [-0.39, 0.29) is 16.8 Å². The number of ether oxygens (including phenoxy) is 1. The van der Waals surface area contributed by atoms with Crippen LogP contribution in [0.2, 0.25) is 0 Å². The highest BCUT2D eigenvalue weighted by Crippen LogP contribution is 2.37. The minimum absolute atomic E-state index is 0.232. The van der Waals surface area contributed by atoms with Crippen LogP contribution in [0.15, 0.2) is 64.2 Å². The number of hydrogen-bond acceptors (Lipinski definition) is 6. The van der Waals surface area contributed by atoms with Crippen LogP contribution in [0.3, 0.4) is 0 Å². The van der Waals surface area contributed by atoms with Crippen molar-refractivity contribution in [1.82, 2.24) is 14.0 Å². The maximum Gasteiger partial charge on any atom is 0.335 e. The average molecular weight is 517 g/mol. The second-order valence-corrected chi connectivity index (χ2v) is 9.79. The zero-order valence-corrected chi connectivity index (χ0v) is 21.7. The Hall–Kier alpha value is -4.11. The van der Waals surface area contributed by atoms with Crippen molar-refractivity contribution in [1.29, 1.82) is 0 Å². The lowest BCUT2D eigenvalue weighted by Crippen LogP contribution is -2.41. The van der Waals surface area contributed by atoms with Crippen molar-refractivity contribution in [2.75, 3.05) is 37.6 Å². The Morgan fingerprint density at radius 2 is 1.79 bits per heavy atom. The van der Waals surface area contributed by atoms with Gasteiger partial charge in [-0.1, -0.05) is 30.3 Å². The van der Waals surface area contributed by atoms with E-state index in [0.717, 1.165) is 72.4 Å². The molecule has 1 aromatic heterocycles. The third-order valence-electron chi connectivity index (χ3n) is 7.41. The van der Waals surface area contributed by atoms with Gasteiger partial charge < -0.3 is 19.6 Å². The van der Waals surface area contributed by atoms with Gasteiger partial charge in [-0.3, -0.25) is 13.9 Å². The van der Waals surface area contributed by atoms with Crippen LogP contribution in [-0.2, 0) is 20.7 Å². The molecule has 2 aromatic carbocycles. The summed E-state index contributed by atoms with van der Waals surface area (Å²) >= 11 is 0. The second-order valence-electron chi connectivity index (χ2n) is 9.79. The summed E-state index contributed by atoms with van der Waals surface area (Å²) in [6, 6.07) is 14.6. The first-order chi connectivity index (χ1) is 18.3. The first-order valence-corrected chi connectivity index (χ1v) is 12.9. The van der Waals surface area contributed by atoms with Crippen LogP contribution in [-0.4, -0.2) is 57.8 Å². The molecule has 0 aliphatic carbocycles. The third kappa shape index (κ3) is 5.02. The van der Waals surface area contributed by atoms with Crippen molar-refractivity contribution >= 4 is 17.4 Å². The molecule has 9 nitrogen and oxygen atoms in total. The quantitative estimate of drug-likeness (QED) is 0.557. The van der Waals surface area contributed by atoms with Crippen LogP contribution < -0.4 is 20.9 Å². The van der Waals surface area contributed by atoms with Gasteiger partial charge in [0.2, 0.25) is 0 Å². The molecule has 0 spiro atoms. The molecule has 9 heteroatoms. The number of benzene rings is 2. The summed E-state index contributed by atoms with van der Waals surface area (Å²) in [5.74, 6) is 0.373. The Labute approximate surface area is 220 Å². The number of carboxylic acid groups (broad SMARTS) is 1. The number of hydrogen-bond donors (Lipinski definition) is 1. The van der Waals surface area contributed by atoms with Crippen molar-refractivity contribution in [3.63, 3.8) is 0 Å². The van der Waals surface area contributed by atoms with Crippen LogP contribution in [0.4, 0.5) is 5.82 Å². The van der Waals surface area contributed by atoms with E-state index >= 15 is 0 Å². The summed E-state index contributed by atoms with van der Waals surface area (Å²) in [6.07, 6.45) is 3.89. The summed E-state index contributed by atoms with van der Waals surface area (Å²) < 4.78 is 8.70. The molecule has 5 rings (SSSR count). The minimum Gasteiger partial charge on any atom is -0.488 e. The van der Waals surface area contributed by atoms with Gasteiger partial charge in [0.05, 0.1) is 5.56 Å². The van der Waals surface area contributed by atoms with Crippen molar-refractivity contribution < 1.29 is 14.6 Å². The molecule has 0 radical (unpaired) electrons. The predicted octanol–water partition coefficient (Wildman–Crippen LogP) is 2.71. The molecule has 2 aliphatic rings. The Morgan fingerprint density at radius 3 is 2.61 bits per heavy atom. The lowest BCUT2D eigenvalue weighted by molar-refractivity contribution is 0.0697. The van der Waals surface area contributed by atoms with Gasteiger partial charge in [-0.25, -0.2) is 9.59 Å². The van der Waals surface area contributed by atoms with Crippen LogP contribution in [0, 0.1) is 0 Å². The monoisotopic (exact) mass is 516 g/mol. The molecule has 3 aromatic rings. The normalized spacial score (nSPS) is 16.8. The SMILES string of the molecule is Cn1c(N2CCCN(CC/C=C3\c4ccccc4COc4ccc(C(=O)O)cc43)CC2)cc(=O)n(C)c1=O. The first kappa shape index (κ1) is 25.5. The van der Waals surface area contributed by atoms with E-state index < -0.39 is 5.97 Å². The number of anilines is 1. The summed E-state index contributed by atoms with van der Waals surface area (Å²) in [5, 5.41) is 9.57. The molecule has 1 N–H and O–H groups in total. The van der Waals surface area contributed by atoms with Crippen LogP contribution in [0.5, 0.6) is 5.75 Å². The van der Waals surface area contributed by atoms with Crippen LogP contribution >= 0.6 is 0 Å². The average Bonchev–Trinajstić information content (AvgIpc) is 3.24. The zero-order chi connectivity index (χ0) is 26.8. The molecule has 2 aliphatic heterocycles. The molecule has 198 valence electrons. The van der Waals surface area contributed by atoms with Crippen molar-refractivity contribution in [3.05, 3.63) is 97.7 Å². The fourth-order valence-corrected chi connectivity index (χ4v) is 5.27. The van der Waals surface area contributed by atoms with Gasteiger partial charge >= 0.3 is 11.7 Å². The van der Waals surface area contributed by atoms with E-state index in [1.165, 1.54) is 17.7 Å². The largest absolute Gasteiger partial charge is 0.488 e. The van der Waals surface area contributed by atoms with Crippen LogP contribution in [0.1, 0.15) is 39.9 Å². The lowest BCUT2D eigenvalue weighted by Gasteiger charge is -2.25. The van der Waals surface area contributed by atoms with E-state index in [1.807, 2.05) is 18.2 Å². The molecule has 0 bridgehead atoms. The van der Waals surface area contributed by atoms with Crippen molar-refractivity contribution in [2.24, 2.45) is 14.1 Å². The van der Waals surface area contributed by atoms with E-state index in [9.17, 15) is 19.5 Å². The number of carbonyl (C=O) groups is 1. The van der Waals surface area contributed by atoms with E-state index in [1.54, 1.807) is 25.2 Å². The van der Waals surface area contributed by atoms with Gasteiger partial charge in [0.1, 0.15) is 18.2 Å². The topological polar surface area (TPSA) is 97.0 Å². The van der Waals surface area contributed by atoms with Gasteiger partial charge in [0.15, 0.2) is 0 Å². The summed E-state index contributed by atoms with van der Waals surface area (Å²) in [6.45, 7) is 4.49. The second kappa shape index (κ2) is 10.7. The molecular formula is C29H32N4O5. The van der Waals surface area contributed by atoms with Gasteiger partial charge in [0, 0.05) is 51.9 Å². The van der Waals surface area contributed by atoms with Crippen LogP contribution in [0.25, 0.3) is 5.57 Å². The Kier molecular flexibility index (Phi) is 7.20. The Bertz CT molecular complexity index is 1520. The molecule has 0 amide bonds. The molecule has 0 unspecified atom stereocenters. The Balaban J connectivity index is 1.35. The maximum atomic E-state index is 12.4. The fraction of sp³-hybridized carbons (Fsp3) is 0.345. The maximum absolute atomic E-state index is 12.4. The number of rotatable bonds is 5. The molecule has 1 saturated heterocycles. The smallest absolute Gasteiger partial charge is 0.335 e. The fourth-order valence-electron chi connectivity index (χ4n) is 5.27. The van der Waals surface area contributed by atoms with Gasteiger partial charge in [-0.2, -0.15) is 0 Å². The molecule has 3 heterocycles. The van der Waals surface area contributed by atoms with E-state index in [4.69, 9.17) is 4.74 Å². The van der Waals surface area contributed by atoms with E-state index in [2.05, 4.69) is 21.9 Å². The molecular weight excluding hydrogens is 484 g/mol. The van der Waals surface area contributed by atoms with Gasteiger partial charge in [0.25, 0.3) is 5.56 Å². The highest BCUT2D eigenvalue weighted by Gasteiger charge is 2.22. The zero-order valence-electron chi connectivity index (χ0n) is 21.7. The molecule has 0 saturated carbocycles. The van der Waals surface area contributed by atoms with E-state index in [0.29, 0.717) is 18.2 Å².